The van der Waals surface area contributed by atoms with Crippen molar-refractivity contribution in [2.45, 2.75) is 23.8 Å². The van der Waals surface area contributed by atoms with E-state index in [4.69, 9.17) is 9.88 Å². The summed E-state index contributed by atoms with van der Waals surface area (Å²) in [4.78, 5) is 26.1. The van der Waals surface area contributed by atoms with Crippen LogP contribution in [0.2, 0.25) is 0 Å². The molecule has 28 heavy (non-hydrogen) atoms. The number of nitrogens with one attached hydrogen (secondary N) is 1. The number of hydrogen-bond acceptors (Lipinski definition) is 6. The Morgan fingerprint density at radius 1 is 1.11 bits per heavy atom. The van der Waals surface area contributed by atoms with Crippen LogP contribution < -0.4 is 20.1 Å². The molecule has 3 rings (SSSR count). The highest BCUT2D eigenvalue weighted by Gasteiger charge is 2.39. The number of anilines is 1. The minimum absolute atomic E-state index is 0.0518. The van der Waals surface area contributed by atoms with E-state index in [2.05, 4.69) is 5.32 Å². The molecule has 0 bridgehead atoms. The molecular formula is C19H21N3O5S. The molecule has 1 aliphatic rings. The van der Waals surface area contributed by atoms with Crippen molar-refractivity contribution >= 4 is 27.5 Å². The molecular weight excluding hydrogens is 382 g/mol. The summed E-state index contributed by atoms with van der Waals surface area (Å²) in [6, 6.07) is 12.4. The summed E-state index contributed by atoms with van der Waals surface area (Å²) in [7, 11) is -2.17. The molecule has 2 aromatic carbocycles. The van der Waals surface area contributed by atoms with E-state index < -0.39 is 16.1 Å². The first-order valence-corrected chi connectivity index (χ1v) is 10.2. The highest BCUT2D eigenvalue weighted by molar-refractivity contribution is 7.89. The molecule has 1 saturated heterocycles. The van der Waals surface area contributed by atoms with Crippen molar-refractivity contribution in [2.75, 3.05) is 18.6 Å². The number of imide groups is 1. The lowest BCUT2D eigenvalue weighted by Crippen LogP contribution is -2.39. The molecule has 0 aliphatic carbocycles. The second kappa shape index (κ2) is 8.09. The predicted molar refractivity (Wildman–Crippen MR) is 103 cm³/mol. The van der Waals surface area contributed by atoms with E-state index in [0.29, 0.717) is 24.4 Å². The quantitative estimate of drug-likeness (QED) is 0.661. The molecule has 9 heteroatoms. The zero-order chi connectivity index (χ0) is 20.3. The average molecular weight is 403 g/mol. The predicted octanol–water partition coefficient (Wildman–Crippen LogP) is 0.807. The highest BCUT2D eigenvalue weighted by atomic mass is 32.2. The maximum Gasteiger partial charge on any atom is 0.251 e. The van der Waals surface area contributed by atoms with E-state index in [1.807, 2.05) is 0 Å². The van der Waals surface area contributed by atoms with E-state index in [1.165, 1.54) is 17.0 Å². The topological polar surface area (TPSA) is 119 Å². The molecule has 0 spiro atoms. The third kappa shape index (κ3) is 4.38. The van der Waals surface area contributed by atoms with Gasteiger partial charge in [0.2, 0.25) is 15.9 Å². The number of amides is 2. The number of nitrogens with two attached hydrogens (primary N) is 1. The largest absolute Gasteiger partial charge is 0.497 e. The SMILES string of the molecule is COc1ccc(N2C(=O)C[C@H](NCCc3ccc(S(N)(=O)=O)cc3)C2=O)cc1. The van der Waals surface area contributed by atoms with Gasteiger partial charge in [-0.2, -0.15) is 0 Å². The van der Waals surface area contributed by atoms with Gasteiger partial charge in [-0.3, -0.25) is 9.59 Å². The number of carbonyl (C=O) groups is 2. The lowest BCUT2D eigenvalue weighted by atomic mass is 10.1. The van der Waals surface area contributed by atoms with Gasteiger partial charge in [0.1, 0.15) is 5.75 Å². The summed E-state index contributed by atoms with van der Waals surface area (Å²) in [5.41, 5.74) is 1.40. The van der Waals surface area contributed by atoms with Crippen LogP contribution in [0.5, 0.6) is 5.75 Å². The molecule has 2 aromatic rings. The number of hydrogen-bond donors (Lipinski definition) is 2. The van der Waals surface area contributed by atoms with E-state index in [9.17, 15) is 18.0 Å². The van der Waals surface area contributed by atoms with Crippen LogP contribution in [0.1, 0.15) is 12.0 Å². The van der Waals surface area contributed by atoms with Crippen molar-refractivity contribution in [3.63, 3.8) is 0 Å². The van der Waals surface area contributed by atoms with Gasteiger partial charge in [-0.25, -0.2) is 18.5 Å². The Bertz CT molecular complexity index is 972. The van der Waals surface area contributed by atoms with E-state index in [-0.39, 0.29) is 23.1 Å². The molecule has 3 N–H and O–H groups in total. The van der Waals surface area contributed by atoms with Crippen LogP contribution in [0.25, 0.3) is 0 Å². The van der Waals surface area contributed by atoms with Crippen molar-refractivity contribution in [3.8, 4) is 5.75 Å². The summed E-state index contributed by atoms with van der Waals surface area (Å²) in [6.45, 7) is 0.467. The van der Waals surface area contributed by atoms with Gasteiger partial charge >= 0.3 is 0 Å². The van der Waals surface area contributed by atoms with Crippen LogP contribution in [0.3, 0.4) is 0 Å². The smallest absolute Gasteiger partial charge is 0.251 e. The molecule has 1 aliphatic heterocycles. The standard InChI is InChI=1S/C19H21N3O5S/c1-27-15-6-4-14(5-7-15)22-18(23)12-17(19(22)24)21-11-10-13-2-8-16(9-3-13)28(20,25)26/h2-9,17,21H,10-12H2,1H3,(H2,20,25,26)/t17-/m0/s1. The maximum absolute atomic E-state index is 12.6. The Kier molecular flexibility index (Phi) is 5.78. The Labute approximate surface area is 163 Å². The minimum Gasteiger partial charge on any atom is -0.497 e. The number of methoxy groups -OCH3 is 1. The summed E-state index contributed by atoms with van der Waals surface area (Å²) < 4.78 is 27.6. The fraction of sp³-hybridized carbons (Fsp3) is 0.263. The molecule has 1 fully saturated rings. The number of carbonyl (C=O) groups excluding carboxylic acids is 2. The fourth-order valence-corrected chi connectivity index (χ4v) is 3.55. The van der Waals surface area contributed by atoms with Crippen molar-refractivity contribution in [1.82, 2.24) is 5.32 Å². The molecule has 1 atom stereocenters. The lowest BCUT2D eigenvalue weighted by molar-refractivity contribution is -0.121. The normalized spacial score (nSPS) is 17.2. The number of rotatable bonds is 7. The highest BCUT2D eigenvalue weighted by Crippen LogP contribution is 2.25. The minimum atomic E-state index is -3.71. The average Bonchev–Trinajstić information content (AvgIpc) is 2.95. The van der Waals surface area contributed by atoms with E-state index in [0.717, 1.165) is 5.56 Å². The van der Waals surface area contributed by atoms with Crippen molar-refractivity contribution in [3.05, 3.63) is 54.1 Å². The first-order chi connectivity index (χ1) is 13.3. The molecule has 2 amide bonds. The van der Waals surface area contributed by atoms with Crippen molar-refractivity contribution in [2.24, 2.45) is 5.14 Å². The van der Waals surface area contributed by atoms with Crippen LogP contribution in [-0.4, -0.2) is 39.9 Å². The number of nitrogens with zero attached hydrogens (tertiary/aromatic N) is 1. The zero-order valence-corrected chi connectivity index (χ0v) is 16.1. The Hall–Kier alpha value is -2.75. The number of ether oxygens (including phenoxy) is 1. The first kappa shape index (κ1) is 20.0. The van der Waals surface area contributed by atoms with Gasteiger partial charge in [0.15, 0.2) is 0 Å². The summed E-state index contributed by atoms with van der Waals surface area (Å²) in [5, 5.41) is 8.17. The van der Waals surface area contributed by atoms with Crippen LogP contribution in [0, 0.1) is 0 Å². The third-order valence-electron chi connectivity index (χ3n) is 4.53. The number of primary sulfonamides is 1. The molecule has 0 aromatic heterocycles. The van der Waals surface area contributed by atoms with Crippen LogP contribution in [-0.2, 0) is 26.0 Å². The van der Waals surface area contributed by atoms with Crippen molar-refractivity contribution < 1.29 is 22.7 Å². The van der Waals surface area contributed by atoms with Crippen LogP contribution in [0.4, 0.5) is 5.69 Å². The molecule has 0 saturated carbocycles. The Morgan fingerprint density at radius 3 is 2.32 bits per heavy atom. The van der Waals surface area contributed by atoms with Crippen LogP contribution >= 0.6 is 0 Å². The second-order valence-electron chi connectivity index (χ2n) is 6.42. The first-order valence-electron chi connectivity index (χ1n) is 8.65. The summed E-state index contributed by atoms with van der Waals surface area (Å²) in [5.74, 6) is 0.0934. The molecule has 8 nitrogen and oxygen atoms in total. The Balaban J connectivity index is 1.58. The van der Waals surface area contributed by atoms with Crippen molar-refractivity contribution in [1.29, 1.82) is 0 Å². The Morgan fingerprint density at radius 2 is 1.75 bits per heavy atom. The molecule has 0 unspecified atom stereocenters. The summed E-state index contributed by atoms with van der Waals surface area (Å²) in [6.07, 6.45) is 0.667. The lowest BCUT2D eigenvalue weighted by Gasteiger charge is -2.16. The van der Waals surface area contributed by atoms with Crippen LogP contribution in [0.15, 0.2) is 53.4 Å². The third-order valence-corrected chi connectivity index (χ3v) is 5.46. The number of benzene rings is 2. The molecule has 0 radical (unpaired) electrons. The zero-order valence-electron chi connectivity index (χ0n) is 15.3. The summed E-state index contributed by atoms with van der Waals surface area (Å²) >= 11 is 0. The molecule has 1 heterocycles. The maximum atomic E-state index is 12.6. The fourth-order valence-electron chi connectivity index (χ4n) is 3.03. The van der Waals surface area contributed by atoms with Gasteiger partial charge in [-0.15, -0.1) is 0 Å². The van der Waals surface area contributed by atoms with Gasteiger partial charge < -0.3 is 10.1 Å². The van der Waals surface area contributed by atoms with Gasteiger partial charge in [0.05, 0.1) is 30.2 Å². The second-order valence-corrected chi connectivity index (χ2v) is 7.98. The van der Waals surface area contributed by atoms with E-state index >= 15 is 0 Å². The van der Waals surface area contributed by atoms with Gasteiger partial charge in [-0.05, 0) is 54.9 Å². The van der Waals surface area contributed by atoms with Gasteiger partial charge in [0.25, 0.3) is 5.91 Å². The van der Waals surface area contributed by atoms with Gasteiger partial charge in [0, 0.05) is 0 Å². The van der Waals surface area contributed by atoms with E-state index in [1.54, 1.807) is 43.5 Å². The molecule has 148 valence electrons. The number of sulfonamides is 1. The van der Waals surface area contributed by atoms with Gasteiger partial charge in [-0.1, -0.05) is 12.1 Å². The monoisotopic (exact) mass is 403 g/mol.